The Kier molecular flexibility index (Phi) is 5.64. The number of hydrogen-bond acceptors (Lipinski definition) is 4. The second-order valence-electron chi connectivity index (χ2n) is 7.55. The van der Waals surface area contributed by atoms with Crippen LogP contribution >= 0.6 is 0 Å². The second kappa shape index (κ2) is 8.50. The van der Waals surface area contributed by atoms with Gasteiger partial charge in [0, 0.05) is 17.0 Å². The molecule has 0 N–H and O–H groups in total. The zero-order valence-electron chi connectivity index (χ0n) is 16.1. The number of benzene rings is 2. The van der Waals surface area contributed by atoms with Crippen molar-refractivity contribution < 1.29 is 19.1 Å². The second-order valence-corrected chi connectivity index (χ2v) is 7.55. The maximum absolute atomic E-state index is 13.0. The Hall–Kier alpha value is -3.10. The van der Waals surface area contributed by atoms with E-state index < -0.39 is 0 Å². The zero-order chi connectivity index (χ0) is 20.2. The number of hydrogen-bond donors (Lipinski definition) is 0. The molecule has 148 valence electrons. The molecule has 2 unspecified atom stereocenters. The minimum absolute atomic E-state index is 0.0998. The molecule has 2 aromatic rings. The highest BCUT2D eigenvalue weighted by Gasteiger charge is 2.44. The molecular formula is C24H23NO4. The molecule has 2 bridgehead atoms. The Morgan fingerprint density at radius 3 is 2.31 bits per heavy atom. The van der Waals surface area contributed by atoms with Gasteiger partial charge in [0.25, 0.3) is 0 Å². The van der Waals surface area contributed by atoms with E-state index in [1.165, 1.54) is 0 Å². The van der Waals surface area contributed by atoms with Crippen molar-refractivity contribution in [2.45, 2.75) is 31.5 Å². The molecular weight excluding hydrogens is 366 g/mol. The molecule has 2 aliphatic rings. The van der Waals surface area contributed by atoms with E-state index in [0.717, 1.165) is 11.1 Å². The molecule has 2 fully saturated rings. The fourth-order valence-electron chi connectivity index (χ4n) is 4.19. The summed E-state index contributed by atoms with van der Waals surface area (Å²) < 4.78 is 11.2. The van der Waals surface area contributed by atoms with E-state index in [9.17, 15) is 9.59 Å². The van der Waals surface area contributed by atoms with Gasteiger partial charge in [0.15, 0.2) is 5.78 Å². The normalized spacial score (nSPS) is 23.1. The first-order valence-corrected chi connectivity index (χ1v) is 9.83. The number of fused-ring (bicyclic) bond motifs is 2. The molecule has 0 spiro atoms. The number of morpholine rings is 1. The lowest BCUT2D eigenvalue weighted by Gasteiger charge is -2.47. The Morgan fingerprint density at radius 2 is 1.69 bits per heavy atom. The summed E-state index contributed by atoms with van der Waals surface area (Å²) in [4.78, 5) is 27.5. The third kappa shape index (κ3) is 4.18. The van der Waals surface area contributed by atoms with Crippen molar-refractivity contribution in [2.75, 3.05) is 13.2 Å². The molecule has 2 atom stereocenters. The number of carbonyl (C=O) groups excluding carboxylic acids is 2. The van der Waals surface area contributed by atoms with Crippen molar-refractivity contribution in [3.8, 4) is 12.3 Å². The summed E-state index contributed by atoms with van der Waals surface area (Å²) in [5.41, 5.74) is 2.36. The van der Waals surface area contributed by atoms with E-state index in [0.29, 0.717) is 31.6 Å². The fraction of sp³-hybridized carbons (Fsp3) is 0.333. The van der Waals surface area contributed by atoms with Crippen molar-refractivity contribution in [1.82, 2.24) is 4.90 Å². The lowest BCUT2D eigenvalue weighted by molar-refractivity contribution is -0.0755. The molecule has 2 aliphatic heterocycles. The number of Topliss-reactive ketones (excluding diaryl/α,β-unsaturated/α-hetero) is 1. The maximum atomic E-state index is 13.0. The number of ether oxygens (including phenoxy) is 2. The van der Waals surface area contributed by atoms with E-state index in [1.807, 2.05) is 30.3 Å². The van der Waals surface area contributed by atoms with Crippen LogP contribution in [0.2, 0.25) is 0 Å². The Labute approximate surface area is 170 Å². The van der Waals surface area contributed by atoms with Crippen molar-refractivity contribution in [3.63, 3.8) is 0 Å². The standard InChI is InChI=1S/C24H23NO4/c1-2-17-8-10-19(11-9-17)23(26)20-12-21-15-28-16-22(13-20)25(21)24(27)29-14-18-6-4-3-5-7-18/h1,3-11,20-22H,12-16H2. The van der Waals surface area contributed by atoms with Crippen LogP contribution in [0.15, 0.2) is 54.6 Å². The highest BCUT2D eigenvalue weighted by molar-refractivity contribution is 5.98. The van der Waals surface area contributed by atoms with Gasteiger partial charge in [0.1, 0.15) is 6.61 Å². The van der Waals surface area contributed by atoms with E-state index in [-0.39, 0.29) is 36.5 Å². The minimum Gasteiger partial charge on any atom is -0.445 e. The number of terminal acetylenes is 1. The maximum Gasteiger partial charge on any atom is 0.410 e. The summed E-state index contributed by atoms with van der Waals surface area (Å²) in [6.07, 6.45) is 6.20. The van der Waals surface area contributed by atoms with Crippen LogP contribution in [0.4, 0.5) is 4.79 Å². The summed E-state index contributed by atoms with van der Waals surface area (Å²) in [5, 5.41) is 0. The molecule has 5 nitrogen and oxygen atoms in total. The molecule has 0 radical (unpaired) electrons. The number of nitrogens with zero attached hydrogens (tertiary/aromatic N) is 1. The Morgan fingerprint density at radius 1 is 1.03 bits per heavy atom. The smallest absolute Gasteiger partial charge is 0.410 e. The van der Waals surface area contributed by atoms with Gasteiger partial charge in [-0.15, -0.1) is 6.42 Å². The van der Waals surface area contributed by atoms with Gasteiger partial charge < -0.3 is 9.47 Å². The van der Waals surface area contributed by atoms with Crippen molar-refractivity contribution >= 4 is 11.9 Å². The summed E-state index contributed by atoms with van der Waals surface area (Å²) in [6.45, 7) is 1.09. The minimum atomic E-state index is -0.337. The van der Waals surface area contributed by atoms with Gasteiger partial charge in [-0.3, -0.25) is 9.69 Å². The highest BCUT2D eigenvalue weighted by atomic mass is 16.6. The van der Waals surface area contributed by atoms with E-state index in [4.69, 9.17) is 15.9 Å². The van der Waals surface area contributed by atoms with Crippen molar-refractivity contribution in [1.29, 1.82) is 0 Å². The van der Waals surface area contributed by atoms with Crippen LogP contribution in [0.3, 0.4) is 0 Å². The largest absolute Gasteiger partial charge is 0.445 e. The van der Waals surface area contributed by atoms with Crippen molar-refractivity contribution in [2.24, 2.45) is 5.92 Å². The lowest BCUT2D eigenvalue weighted by atomic mass is 9.81. The Balaban J connectivity index is 1.42. The SMILES string of the molecule is C#Cc1ccc(C(=O)C2CC3COCC(C2)N3C(=O)OCc2ccccc2)cc1. The van der Waals surface area contributed by atoms with Gasteiger partial charge in [-0.05, 0) is 30.5 Å². The predicted molar refractivity (Wildman–Crippen MR) is 108 cm³/mol. The zero-order valence-corrected chi connectivity index (χ0v) is 16.1. The lowest BCUT2D eigenvalue weighted by Crippen LogP contribution is -2.59. The molecule has 29 heavy (non-hydrogen) atoms. The highest BCUT2D eigenvalue weighted by Crippen LogP contribution is 2.34. The van der Waals surface area contributed by atoms with Crippen LogP contribution in [-0.2, 0) is 16.1 Å². The van der Waals surface area contributed by atoms with Crippen LogP contribution in [0, 0.1) is 18.3 Å². The van der Waals surface area contributed by atoms with Gasteiger partial charge in [-0.2, -0.15) is 0 Å². The van der Waals surface area contributed by atoms with Crippen LogP contribution in [0.1, 0.15) is 34.3 Å². The van der Waals surface area contributed by atoms with Gasteiger partial charge in [0.2, 0.25) is 0 Å². The van der Waals surface area contributed by atoms with Gasteiger partial charge in [0.05, 0.1) is 25.3 Å². The summed E-state index contributed by atoms with van der Waals surface area (Å²) in [7, 11) is 0. The molecule has 1 amide bonds. The van der Waals surface area contributed by atoms with Crippen LogP contribution in [0.25, 0.3) is 0 Å². The number of carbonyl (C=O) groups is 2. The average Bonchev–Trinajstić information content (AvgIpc) is 2.77. The van der Waals surface area contributed by atoms with Gasteiger partial charge in [-0.25, -0.2) is 4.79 Å². The van der Waals surface area contributed by atoms with E-state index >= 15 is 0 Å². The summed E-state index contributed by atoms with van der Waals surface area (Å²) >= 11 is 0. The third-order valence-electron chi connectivity index (χ3n) is 5.64. The number of amides is 1. The van der Waals surface area contributed by atoms with Crippen LogP contribution in [0.5, 0.6) is 0 Å². The van der Waals surface area contributed by atoms with Crippen LogP contribution < -0.4 is 0 Å². The van der Waals surface area contributed by atoms with E-state index in [2.05, 4.69) is 5.92 Å². The summed E-state index contributed by atoms with van der Waals surface area (Å²) in [6, 6.07) is 16.4. The molecule has 0 saturated carbocycles. The number of piperidine rings is 1. The molecule has 2 saturated heterocycles. The monoisotopic (exact) mass is 389 g/mol. The van der Waals surface area contributed by atoms with Crippen LogP contribution in [-0.4, -0.2) is 42.1 Å². The molecule has 4 rings (SSSR count). The first-order valence-electron chi connectivity index (χ1n) is 9.83. The molecule has 0 aliphatic carbocycles. The van der Waals surface area contributed by atoms with Gasteiger partial charge in [-0.1, -0.05) is 48.4 Å². The fourth-order valence-corrected chi connectivity index (χ4v) is 4.19. The topological polar surface area (TPSA) is 55.8 Å². The first kappa shape index (κ1) is 19.2. The predicted octanol–water partition coefficient (Wildman–Crippen LogP) is 3.67. The summed E-state index contributed by atoms with van der Waals surface area (Å²) in [5.74, 6) is 2.53. The quantitative estimate of drug-likeness (QED) is 0.591. The number of ketones is 1. The molecule has 5 heteroatoms. The van der Waals surface area contributed by atoms with Crippen molar-refractivity contribution in [3.05, 3.63) is 71.3 Å². The average molecular weight is 389 g/mol. The van der Waals surface area contributed by atoms with E-state index in [1.54, 1.807) is 29.2 Å². The third-order valence-corrected chi connectivity index (χ3v) is 5.64. The molecule has 2 aromatic carbocycles. The van der Waals surface area contributed by atoms with Gasteiger partial charge >= 0.3 is 6.09 Å². The molecule has 2 heterocycles. The number of rotatable bonds is 4. The first-order chi connectivity index (χ1) is 14.2. The Bertz CT molecular complexity index is 902. The molecule has 0 aromatic heterocycles.